The number of carboxylic acids is 1. The molecule has 1 amide bonds. The van der Waals surface area contributed by atoms with Crippen LogP contribution in [0.15, 0.2) is 42.6 Å². The molecule has 0 saturated carbocycles. The van der Waals surface area contributed by atoms with Gasteiger partial charge in [0.25, 0.3) is 0 Å². The van der Waals surface area contributed by atoms with Gasteiger partial charge in [0.15, 0.2) is 0 Å². The number of H-pyrrole nitrogens is 1. The first-order valence-electron chi connectivity index (χ1n) is 10.2. The Morgan fingerprint density at radius 1 is 1.17 bits per heavy atom. The molecule has 0 saturated heterocycles. The summed E-state index contributed by atoms with van der Waals surface area (Å²) in [5.74, 6) is -0.436. The smallest absolute Gasteiger partial charge is 0.335 e. The van der Waals surface area contributed by atoms with E-state index in [4.69, 9.17) is 4.74 Å². The number of carboxylic acid groups (broad SMARTS) is 1. The van der Waals surface area contributed by atoms with Crippen molar-refractivity contribution in [2.24, 2.45) is 0 Å². The summed E-state index contributed by atoms with van der Waals surface area (Å²) in [4.78, 5) is 26.8. The van der Waals surface area contributed by atoms with E-state index < -0.39 is 5.97 Å². The number of benzene rings is 2. The fraction of sp³-hybridized carbons (Fsp3) is 0.333. The van der Waals surface area contributed by atoms with Crippen LogP contribution >= 0.6 is 0 Å². The number of nitrogens with one attached hydrogen (secondary N) is 2. The highest BCUT2D eigenvalue weighted by Gasteiger charge is 2.19. The number of fused-ring (bicyclic) bond motifs is 1. The second kappa shape index (κ2) is 9.48. The predicted octanol–water partition coefficient (Wildman–Crippen LogP) is 4.49. The summed E-state index contributed by atoms with van der Waals surface area (Å²) in [6, 6.07) is 11.0. The van der Waals surface area contributed by atoms with Gasteiger partial charge < -0.3 is 20.1 Å². The van der Waals surface area contributed by atoms with Gasteiger partial charge in [0.2, 0.25) is 5.91 Å². The Kier molecular flexibility index (Phi) is 6.77. The number of aromatic carboxylic acids is 1. The Morgan fingerprint density at radius 3 is 2.67 bits per heavy atom. The molecule has 6 heteroatoms. The summed E-state index contributed by atoms with van der Waals surface area (Å²) >= 11 is 0. The number of carbonyl (C=O) groups is 2. The van der Waals surface area contributed by atoms with Crippen LogP contribution in [0.4, 0.5) is 0 Å². The van der Waals surface area contributed by atoms with Crippen LogP contribution in [0.25, 0.3) is 10.9 Å². The lowest BCUT2D eigenvalue weighted by Crippen LogP contribution is -2.25. The van der Waals surface area contributed by atoms with E-state index in [-0.39, 0.29) is 17.4 Å². The molecule has 0 bridgehead atoms. The first-order valence-corrected chi connectivity index (χ1v) is 10.2. The summed E-state index contributed by atoms with van der Waals surface area (Å²) in [5.41, 5.74) is 4.12. The Morgan fingerprint density at radius 2 is 1.97 bits per heavy atom. The third-order valence-corrected chi connectivity index (χ3v) is 5.41. The Hall–Kier alpha value is -3.28. The van der Waals surface area contributed by atoms with E-state index in [1.165, 1.54) is 0 Å². The first kappa shape index (κ1) is 21.4. The molecule has 30 heavy (non-hydrogen) atoms. The Bertz CT molecular complexity index is 1050. The molecule has 0 aliphatic carbocycles. The summed E-state index contributed by atoms with van der Waals surface area (Å²) in [6.45, 7) is 4.86. The quantitative estimate of drug-likeness (QED) is 0.455. The summed E-state index contributed by atoms with van der Waals surface area (Å²) in [5, 5.41) is 13.2. The fourth-order valence-corrected chi connectivity index (χ4v) is 3.68. The van der Waals surface area contributed by atoms with Gasteiger partial charge in [-0.05, 0) is 41.8 Å². The third-order valence-electron chi connectivity index (χ3n) is 5.41. The second-order valence-electron chi connectivity index (χ2n) is 7.49. The fourth-order valence-electron chi connectivity index (χ4n) is 3.68. The molecule has 3 aromatic rings. The van der Waals surface area contributed by atoms with Crippen LogP contribution in [-0.2, 0) is 11.2 Å². The number of aromatic amines is 1. The Balaban J connectivity index is 1.89. The number of carbonyl (C=O) groups excluding carboxylic acids is 1. The minimum absolute atomic E-state index is 0.0230. The number of unbranched alkanes of at least 4 members (excludes halogenated alkanes) is 1. The molecule has 1 unspecified atom stereocenters. The van der Waals surface area contributed by atoms with E-state index >= 15 is 0 Å². The van der Waals surface area contributed by atoms with Gasteiger partial charge in [-0.1, -0.05) is 32.4 Å². The van der Waals surface area contributed by atoms with Crippen molar-refractivity contribution in [3.05, 3.63) is 64.8 Å². The van der Waals surface area contributed by atoms with Gasteiger partial charge in [-0.15, -0.1) is 0 Å². The van der Waals surface area contributed by atoms with Crippen LogP contribution in [0.2, 0.25) is 0 Å². The second-order valence-corrected chi connectivity index (χ2v) is 7.49. The highest BCUT2D eigenvalue weighted by molar-refractivity contribution is 5.89. The van der Waals surface area contributed by atoms with Crippen LogP contribution in [0.3, 0.4) is 0 Å². The standard InChI is InChI=1S/C24H28N2O4/c1-4-5-10-25-23(27)12-16-6-9-21-19(11-16)20(14-26-21)15(2)18-8-7-17(24(28)29)13-22(18)30-3/h6-9,11,13-15,26H,4-5,10,12H2,1-3H3,(H,25,27)(H,28,29). The van der Waals surface area contributed by atoms with Crippen molar-refractivity contribution in [2.45, 2.75) is 39.0 Å². The number of hydrogen-bond donors (Lipinski definition) is 3. The van der Waals surface area contributed by atoms with Crippen molar-refractivity contribution in [3.63, 3.8) is 0 Å². The number of hydrogen-bond acceptors (Lipinski definition) is 3. The molecule has 3 N–H and O–H groups in total. The van der Waals surface area contributed by atoms with Gasteiger partial charge in [-0.25, -0.2) is 4.79 Å². The van der Waals surface area contributed by atoms with Gasteiger partial charge in [-0.2, -0.15) is 0 Å². The molecule has 158 valence electrons. The van der Waals surface area contributed by atoms with E-state index in [9.17, 15) is 14.7 Å². The van der Waals surface area contributed by atoms with Crippen molar-refractivity contribution in [1.29, 1.82) is 0 Å². The lowest BCUT2D eigenvalue weighted by atomic mass is 9.90. The normalized spacial score (nSPS) is 12.0. The summed E-state index contributed by atoms with van der Waals surface area (Å²) in [6.07, 6.45) is 4.33. The van der Waals surface area contributed by atoms with Crippen LogP contribution in [-0.4, -0.2) is 35.6 Å². The maximum atomic E-state index is 12.2. The van der Waals surface area contributed by atoms with Gasteiger partial charge in [0.1, 0.15) is 5.75 Å². The van der Waals surface area contributed by atoms with E-state index in [2.05, 4.69) is 30.2 Å². The van der Waals surface area contributed by atoms with Crippen molar-refractivity contribution >= 4 is 22.8 Å². The largest absolute Gasteiger partial charge is 0.496 e. The lowest BCUT2D eigenvalue weighted by molar-refractivity contribution is -0.120. The zero-order valence-electron chi connectivity index (χ0n) is 17.6. The number of rotatable bonds is 9. The number of ether oxygens (including phenoxy) is 1. The van der Waals surface area contributed by atoms with Gasteiger partial charge >= 0.3 is 5.97 Å². The molecular weight excluding hydrogens is 380 g/mol. The molecule has 0 fully saturated rings. The maximum Gasteiger partial charge on any atom is 0.335 e. The molecule has 0 radical (unpaired) electrons. The minimum Gasteiger partial charge on any atom is -0.496 e. The zero-order valence-corrected chi connectivity index (χ0v) is 17.6. The lowest BCUT2D eigenvalue weighted by Gasteiger charge is -2.16. The van der Waals surface area contributed by atoms with Crippen LogP contribution in [0.5, 0.6) is 5.75 Å². The average Bonchev–Trinajstić information content (AvgIpc) is 3.16. The monoisotopic (exact) mass is 408 g/mol. The zero-order chi connectivity index (χ0) is 21.7. The van der Waals surface area contributed by atoms with Crippen molar-refractivity contribution < 1.29 is 19.4 Å². The highest BCUT2D eigenvalue weighted by atomic mass is 16.5. The van der Waals surface area contributed by atoms with Crippen molar-refractivity contribution in [1.82, 2.24) is 10.3 Å². The SMILES string of the molecule is CCCCNC(=O)Cc1ccc2[nH]cc(C(C)c3ccc(C(=O)O)cc3OC)c2c1. The average molecular weight is 408 g/mol. The molecule has 1 aromatic heterocycles. The van der Waals surface area contributed by atoms with E-state index in [1.807, 2.05) is 18.3 Å². The van der Waals surface area contributed by atoms with Gasteiger partial charge in [-0.3, -0.25) is 4.79 Å². The molecule has 3 rings (SSSR count). The minimum atomic E-state index is -0.985. The van der Waals surface area contributed by atoms with E-state index in [0.29, 0.717) is 18.7 Å². The Labute approximate surface area is 176 Å². The first-order chi connectivity index (χ1) is 14.4. The molecule has 6 nitrogen and oxygen atoms in total. The number of methoxy groups -OCH3 is 1. The van der Waals surface area contributed by atoms with Gasteiger partial charge in [0, 0.05) is 35.1 Å². The third kappa shape index (κ3) is 4.64. The van der Waals surface area contributed by atoms with Crippen LogP contribution in [0.1, 0.15) is 59.7 Å². The summed E-state index contributed by atoms with van der Waals surface area (Å²) < 4.78 is 5.46. The highest BCUT2D eigenvalue weighted by Crippen LogP contribution is 2.36. The molecule has 1 heterocycles. The molecular formula is C24H28N2O4. The van der Waals surface area contributed by atoms with E-state index in [0.717, 1.165) is 40.4 Å². The molecule has 1 atom stereocenters. The molecule has 0 spiro atoms. The summed E-state index contributed by atoms with van der Waals surface area (Å²) in [7, 11) is 1.54. The molecule has 0 aliphatic heterocycles. The number of aromatic nitrogens is 1. The molecule has 2 aromatic carbocycles. The predicted molar refractivity (Wildman–Crippen MR) is 117 cm³/mol. The van der Waals surface area contributed by atoms with Crippen LogP contribution in [0, 0.1) is 0 Å². The topological polar surface area (TPSA) is 91.4 Å². The van der Waals surface area contributed by atoms with Crippen molar-refractivity contribution in [2.75, 3.05) is 13.7 Å². The number of amides is 1. The maximum absolute atomic E-state index is 12.2. The van der Waals surface area contributed by atoms with Gasteiger partial charge in [0.05, 0.1) is 19.1 Å². The molecule has 0 aliphatic rings. The van der Waals surface area contributed by atoms with Crippen LogP contribution < -0.4 is 10.1 Å². The van der Waals surface area contributed by atoms with Crippen molar-refractivity contribution in [3.8, 4) is 5.75 Å². The van der Waals surface area contributed by atoms with E-state index in [1.54, 1.807) is 25.3 Å².